The smallest absolute Gasteiger partial charge is 0.181 e. The maximum absolute atomic E-state index is 12.9. The highest BCUT2D eigenvalue weighted by atomic mass is 19.1. The van der Waals surface area contributed by atoms with Crippen molar-refractivity contribution in [2.45, 2.75) is 0 Å². The Morgan fingerprint density at radius 1 is 1.45 bits per heavy atom. The van der Waals surface area contributed by atoms with Gasteiger partial charge in [-0.3, -0.25) is 4.99 Å². The zero-order chi connectivity index (χ0) is 7.68. The summed E-state index contributed by atoms with van der Waals surface area (Å²) in [6, 6.07) is 4.69. The third-order valence-corrected chi connectivity index (χ3v) is 1.48. The lowest BCUT2D eigenvalue weighted by molar-refractivity contribution is 0.354. The SMILES string of the molecule is Fc1cccc2c1OCC=N2. The van der Waals surface area contributed by atoms with Crippen LogP contribution >= 0.6 is 0 Å². The van der Waals surface area contributed by atoms with Gasteiger partial charge in [0.05, 0.1) is 0 Å². The van der Waals surface area contributed by atoms with Crippen molar-refractivity contribution >= 4 is 11.9 Å². The molecular weight excluding hydrogens is 145 g/mol. The molecule has 11 heavy (non-hydrogen) atoms. The van der Waals surface area contributed by atoms with Crippen molar-refractivity contribution in [2.75, 3.05) is 6.61 Å². The second kappa shape index (κ2) is 2.34. The van der Waals surface area contributed by atoms with E-state index in [1.807, 2.05) is 0 Å². The van der Waals surface area contributed by atoms with Gasteiger partial charge in [-0.15, -0.1) is 0 Å². The van der Waals surface area contributed by atoms with E-state index in [1.165, 1.54) is 6.07 Å². The van der Waals surface area contributed by atoms with Crippen LogP contribution in [0.1, 0.15) is 0 Å². The van der Waals surface area contributed by atoms with Crippen LogP contribution in [0.3, 0.4) is 0 Å². The summed E-state index contributed by atoms with van der Waals surface area (Å²) < 4.78 is 17.9. The lowest BCUT2D eigenvalue weighted by Gasteiger charge is -2.10. The fourth-order valence-corrected chi connectivity index (χ4v) is 0.998. The molecule has 56 valence electrons. The van der Waals surface area contributed by atoms with Crippen LogP contribution < -0.4 is 4.74 Å². The van der Waals surface area contributed by atoms with Crippen molar-refractivity contribution in [3.05, 3.63) is 24.0 Å². The van der Waals surface area contributed by atoms with E-state index in [-0.39, 0.29) is 11.6 Å². The number of ether oxygens (including phenoxy) is 1. The van der Waals surface area contributed by atoms with Gasteiger partial charge in [-0.25, -0.2) is 4.39 Å². The van der Waals surface area contributed by atoms with E-state index in [1.54, 1.807) is 18.3 Å². The van der Waals surface area contributed by atoms with Crippen LogP contribution in [0.4, 0.5) is 10.1 Å². The van der Waals surface area contributed by atoms with E-state index in [0.29, 0.717) is 12.3 Å². The minimum Gasteiger partial charge on any atom is -0.483 e. The first-order valence-corrected chi connectivity index (χ1v) is 3.32. The van der Waals surface area contributed by atoms with E-state index >= 15 is 0 Å². The van der Waals surface area contributed by atoms with Crippen molar-refractivity contribution in [3.63, 3.8) is 0 Å². The van der Waals surface area contributed by atoms with E-state index in [9.17, 15) is 4.39 Å². The molecule has 0 spiro atoms. The highest BCUT2D eigenvalue weighted by Crippen LogP contribution is 2.31. The summed E-state index contributed by atoms with van der Waals surface area (Å²) in [5.74, 6) is -0.0886. The third kappa shape index (κ3) is 0.981. The van der Waals surface area contributed by atoms with Gasteiger partial charge in [-0.1, -0.05) is 6.07 Å². The normalized spacial score (nSPS) is 13.9. The molecule has 0 atom stereocenters. The Labute approximate surface area is 63.3 Å². The number of nitrogens with zero attached hydrogens (tertiary/aromatic N) is 1. The third-order valence-electron chi connectivity index (χ3n) is 1.48. The summed E-state index contributed by atoms with van der Waals surface area (Å²) in [7, 11) is 0. The molecule has 0 aliphatic carbocycles. The van der Waals surface area contributed by atoms with Crippen molar-refractivity contribution in [3.8, 4) is 5.75 Å². The number of para-hydroxylation sites is 1. The molecular formula is C8H6FNO. The van der Waals surface area contributed by atoms with E-state index in [4.69, 9.17) is 4.74 Å². The van der Waals surface area contributed by atoms with Gasteiger partial charge < -0.3 is 4.74 Å². The summed E-state index contributed by atoms with van der Waals surface area (Å²) >= 11 is 0. The topological polar surface area (TPSA) is 21.6 Å². The summed E-state index contributed by atoms with van der Waals surface area (Å²) in [6.07, 6.45) is 1.61. The predicted octanol–water partition coefficient (Wildman–Crippen LogP) is 1.92. The first-order chi connectivity index (χ1) is 5.38. The van der Waals surface area contributed by atoms with Crippen LogP contribution in [0.15, 0.2) is 23.2 Å². The summed E-state index contributed by atoms with van der Waals surface area (Å²) in [5.41, 5.74) is 0.566. The van der Waals surface area contributed by atoms with Crippen LogP contribution in [0.5, 0.6) is 5.75 Å². The zero-order valence-electron chi connectivity index (χ0n) is 5.75. The average molecular weight is 151 g/mol. The molecule has 2 nitrogen and oxygen atoms in total. The minimum absolute atomic E-state index is 0.259. The van der Waals surface area contributed by atoms with Crippen LogP contribution in [0.2, 0.25) is 0 Å². The van der Waals surface area contributed by atoms with E-state index < -0.39 is 0 Å². The molecule has 0 saturated heterocycles. The number of fused-ring (bicyclic) bond motifs is 1. The molecule has 0 unspecified atom stereocenters. The van der Waals surface area contributed by atoms with Crippen molar-refractivity contribution in [1.29, 1.82) is 0 Å². The van der Waals surface area contributed by atoms with Gasteiger partial charge in [0, 0.05) is 6.21 Å². The molecule has 3 heteroatoms. The Balaban J connectivity index is 2.60. The second-order valence-corrected chi connectivity index (χ2v) is 2.21. The molecule has 0 fully saturated rings. The largest absolute Gasteiger partial charge is 0.483 e. The Kier molecular flexibility index (Phi) is 1.35. The van der Waals surface area contributed by atoms with Crippen LogP contribution in [-0.2, 0) is 0 Å². The number of aliphatic imine (C=N–C) groups is 1. The maximum atomic E-state index is 12.9. The molecule has 0 aromatic heterocycles. The van der Waals surface area contributed by atoms with E-state index in [0.717, 1.165) is 0 Å². The lowest BCUT2D eigenvalue weighted by Crippen LogP contribution is -2.04. The lowest BCUT2D eigenvalue weighted by atomic mass is 10.3. The molecule has 1 heterocycles. The highest BCUT2D eigenvalue weighted by molar-refractivity contribution is 5.70. The minimum atomic E-state index is -0.348. The van der Waals surface area contributed by atoms with Crippen molar-refractivity contribution in [1.82, 2.24) is 0 Å². The molecule has 0 N–H and O–H groups in total. The van der Waals surface area contributed by atoms with Crippen LogP contribution in [0.25, 0.3) is 0 Å². The Hall–Kier alpha value is -1.38. The van der Waals surface area contributed by atoms with Crippen LogP contribution in [0, 0.1) is 5.82 Å². The van der Waals surface area contributed by atoms with Gasteiger partial charge in [0.25, 0.3) is 0 Å². The second-order valence-electron chi connectivity index (χ2n) is 2.21. The molecule has 1 aliphatic heterocycles. The molecule has 0 amide bonds. The highest BCUT2D eigenvalue weighted by Gasteiger charge is 2.10. The first kappa shape index (κ1) is 6.34. The summed E-state index contributed by atoms with van der Waals surface area (Å²) in [4.78, 5) is 3.96. The van der Waals surface area contributed by atoms with Gasteiger partial charge in [0.15, 0.2) is 11.6 Å². The average Bonchev–Trinajstić information content (AvgIpc) is 2.06. The molecule has 1 aliphatic rings. The van der Waals surface area contributed by atoms with E-state index in [2.05, 4.69) is 4.99 Å². The number of hydrogen-bond acceptors (Lipinski definition) is 2. The fourth-order valence-electron chi connectivity index (χ4n) is 0.998. The van der Waals surface area contributed by atoms with Gasteiger partial charge >= 0.3 is 0 Å². The Morgan fingerprint density at radius 2 is 2.36 bits per heavy atom. The van der Waals surface area contributed by atoms with Gasteiger partial charge in [0.2, 0.25) is 0 Å². The zero-order valence-corrected chi connectivity index (χ0v) is 5.75. The predicted molar refractivity (Wildman–Crippen MR) is 40.0 cm³/mol. The number of benzene rings is 1. The number of halogens is 1. The van der Waals surface area contributed by atoms with Crippen molar-refractivity contribution < 1.29 is 9.13 Å². The molecule has 1 aromatic carbocycles. The van der Waals surface area contributed by atoms with Crippen molar-refractivity contribution in [2.24, 2.45) is 4.99 Å². The van der Waals surface area contributed by atoms with Gasteiger partial charge in [-0.05, 0) is 12.1 Å². The fraction of sp³-hybridized carbons (Fsp3) is 0.125. The number of hydrogen-bond donors (Lipinski definition) is 0. The van der Waals surface area contributed by atoms with Gasteiger partial charge in [0.1, 0.15) is 12.3 Å². The monoisotopic (exact) mass is 151 g/mol. The standard InChI is InChI=1S/C8H6FNO/c9-6-2-1-3-7-8(6)11-5-4-10-7/h1-4H,5H2. The summed E-state index contributed by atoms with van der Waals surface area (Å²) in [6.45, 7) is 0.355. The Bertz CT molecular complexity index is 309. The first-order valence-electron chi connectivity index (χ1n) is 3.32. The quantitative estimate of drug-likeness (QED) is 0.555. The molecule has 0 saturated carbocycles. The number of rotatable bonds is 0. The molecule has 2 rings (SSSR count). The van der Waals surface area contributed by atoms with Crippen LogP contribution in [-0.4, -0.2) is 12.8 Å². The maximum Gasteiger partial charge on any atom is 0.181 e. The summed E-state index contributed by atoms with van der Waals surface area (Å²) in [5, 5.41) is 0. The Morgan fingerprint density at radius 3 is 3.18 bits per heavy atom. The van der Waals surface area contributed by atoms with Gasteiger partial charge in [-0.2, -0.15) is 0 Å². The molecule has 0 bridgehead atoms. The molecule has 1 aromatic rings. The molecule has 0 radical (unpaired) electrons.